The highest BCUT2D eigenvalue weighted by Gasteiger charge is 2.00. The van der Waals surface area contributed by atoms with E-state index in [1.165, 1.54) is 0 Å². The van der Waals surface area contributed by atoms with E-state index in [2.05, 4.69) is 83.3 Å². The highest BCUT2D eigenvalue weighted by molar-refractivity contribution is 5.78. The van der Waals surface area contributed by atoms with Crippen LogP contribution in [0.15, 0.2) is 91.4 Å². The normalized spacial score (nSPS) is 12.2. The Labute approximate surface area is 235 Å². The Kier molecular flexibility index (Phi) is 22.4. The summed E-state index contributed by atoms with van der Waals surface area (Å²) in [5, 5.41) is 5.67. The Morgan fingerprint density at radius 1 is 0.795 bits per heavy atom. The molecule has 0 aliphatic carbocycles. The number of allylic oxidation sites excluding steroid dienone is 10. The zero-order chi connectivity index (χ0) is 28.1. The summed E-state index contributed by atoms with van der Waals surface area (Å²) >= 11 is 0. The van der Waals surface area contributed by atoms with Crippen molar-refractivity contribution in [2.45, 2.75) is 64.7 Å². The van der Waals surface area contributed by atoms with E-state index in [0.29, 0.717) is 39.1 Å². The highest BCUT2D eigenvalue weighted by atomic mass is 16.5. The number of rotatable bonds is 22. The van der Waals surface area contributed by atoms with E-state index < -0.39 is 0 Å². The Balaban J connectivity index is 1.89. The number of aromatic nitrogens is 1. The molecule has 0 spiro atoms. The molecule has 2 N–H and O–H groups in total. The van der Waals surface area contributed by atoms with Crippen LogP contribution in [0.1, 0.15) is 70.3 Å². The van der Waals surface area contributed by atoms with Gasteiger partial charge in [-0.3, -0.25) is 14.6 Å². The maximum Gasteiger partial charge on any atom is 0.223 e. The van der Waals surface area contributed by atoms with Crippen LogP contribution in [0, 0.1) is 0 Å². The number of pyridine rings is 1. The fourth-order valence-corrected chi connectivity index (χ4v) is 3.31. The first-order valence-corrected chi connectivity index (χ1v) is 14.1. The van der Waals surface area contributed by atoms with Crippen molar-refractivity contribution in [3.05, 3.63) is 96.9 Å². The summed E-state index contributed by atoms with van der Waals surface area (Å²) in [5.74, 6) is -0.0146. The molecule has 0 saturated carbocycles. The third kappa shape index (κ3) is 23.3. The van der Waals surface area contributed by atoms with Crippen LogP contribution in [-0.4, -0.2) is 43.1 Å². The molecule has 0 atom stereocenters. The second kappa shape index (κ2) is 26.1. The first kappa shape index (κ1) is 33.5. The van der Waals surface area contributed by atoms with Gasteiger partial charge in [-0.2, -0.15) is 0 Å². The summed E-state index contributed by atoms with van der Waals surface area (Å²) < 4.78 is 5.46. The Hall–Kier alpha value is -3.51. The third-order valence-corrected chi connectivity index (χ3v) is 5.37. The summed E-state index contributed by atoms with van der Waals surface area (Å²) in [6.07, 6.45) is 36.5. The van der Waals surface area contributed by atoms with Gasteiger partial charge in [0, 0.05) is 38.3 Å². The molecule has 0 unspecified atom stereocenters. The molecule has 2 amide bonds. The van der Waals surface area contributed by atoms with Crippen LogP contribution in [0.5, 0.6) is 0 Å². The van der Waals surface area contributed by atoms with E-state index in [1.807, 2.05) is 24.3 Å². The average Bonchev–Trinajstić information content (AvgIpc) is 2.94. The van der Waals surface area contributed by atoms with Gasteiger partial charge in [-0.1, -0.05) is 85.9 Å². The van der Waals surface area contributed by atoms with Gasteiger partial charge in [0.25, 0.3) is 0 Å². The summed E-state index contributed by atoms with van der Waals surface area (Å²) in [5.41, 5.74) is 0.963. The minimum Gasteiger partial charge on any atom is -0.378 e. The standard InChI is InChI=1S/C33H47N3O3/c1-2-3-4-5-6-7-8-9-10-11-12-13-14-15-16-17-18-23-32(37)35-26-28-39-29-27-36-33(38)24-19-21-31-22-20-25-34-30-31/h3-4,6-7,9-10,12-13,15-16,19-22,25,30H,2,5,8,11,14,17-18,23-24,26-29H2,1H3,(H,35,37)(H,36,38)/b4-3-,7-6-,10-9-,13-12-,16-15-,21-19+. The monoisotopic (exact) mass is 533 g/mol. The summed E-state index contributed by atoms with van der Waals surface area (Å²) in [7, 11) is 0. The molecule has 6 nitrogen and oxygen atoms in total. The fraction of sp³-hybridized carbons (Fsp3) is 0.424. The van der Waals surface area contributed by atoms with Crippen molar-refractivity contribution in [1.29, 1.82) is 0 Å². The van der Waals surface area contributed by atoms with Crippen molar-refractivity contribution in [3.8, 4) is 0 Å². The van der Waals surface area contributed by atoms with Gasteiger partial charge in [0.2, 0.25) is 11.8 Å². The molecule has 0 bridgehead atoms. The summed E-state index contributed by atoms with van der Waals surface area (Å²) in [6, 6.07) is 3.79. The number of nitrogens with zero attached hydrogens (tertiary/aromatic N) is 1. The van der Waals surface area contributed by atoms with Crippen LogP contribution < -0.4 is 10.6 Å². The second-order valence-corrected chi connectivity index (χ2v) is 8.81. The van der Waals surface area contributed by atoms with Crippen LogP contribution in [0.2, 0.25) is 0 Å². The van der Waals surface area contributed by atoms with Crippen LogP contribution >= 0.6 is 0 Å². The molecule has 0 saturated heterocycles. The minimum atomic E-state index is -0.0560. The van der Waals surface area contributed by atoms with E-state index in [-0.39, 0.29) is 11.8 Å². The maximum absolute atomic E-state index is 11.9. The van der Waals surface area contributed by atoms with Crippen LogP contribution in [0.25, 0.3) is 6.08 Å². The molecule has 0 radical (unpaired) electrons. The van der Waals surface area contributed by atoms with Gasteiger partial charge in [0.05, 0.1) is 13.2 Å². The summed E-state index contributed by atoms with van der Waals surface area (Å²) in [4.78, 5) is 27.7. The number of hydrogen-bond acceptors (Lipinski definition) is 4. The average molecular weight is 534 g/mol. The third-order valence-electron chi connectivity index (χ3n) is 5.37. The fourth-order valence-electron chi connectivity index (χ4n) is 3.31. The molecule has 39 heavy (non-hydrogen) atoms. The Bertz CT molecular complexity index is 931. The summed E-state index contributed by atoms with van der Waals surface area (Å²) in [6.45, 7) is 3.91. The second-order valence-electron chi connectivity index (χ2n) is 8.81. The first-order chi connectivity index (χ1) is 19.2. The van der Waals surface area contributed by atoms with Gasteiger partial charge in [-0.15, -0.1) is 0 Å². The maximum atomic E-state index is 11.9. The van der Waals surface area contributed by atoms with Crippen molar-refractivity contribution < 1.29 is 14.3 Å². The SMILES string of the molecule is CC/C=C\C/C=C\C/C=C\C/C=C\C/C=C\CCCC(=O)NCCOCCNC(=O)C/C=C/c1cccnc1. The van der Waals surface area contributed by atoms with E-state index >= 15 is 0 Å². The first-order valence-electron chi connectivity index (χ1n) is 14.1. The number of carbonyl (C=O) groups is 2. The predicted octanol–water partition coefficient (Wildman–Crippen LogP) is 6.66. The zero-order valence-electron chi connectivity index (χ0n) is 23.6. The van der Waals surface area contributed by atoms with Gasteiger partial charge in [-0.05, 0) is 56.6 Å². The van der Waals surface area contributed by atoms with Crippen molar-refractivity contribution in [2.75, 3.05) is 26.3 Å². The van der Waals surface area contributed by atoms with Gasteiger partial charge >= 0.3 is 0 Å². The molecule has 0 aliphatic rings. The molecule has 0 aliphatic heterocycles. The minimum absolute atomic E-state index is 0.0414. The van der Waals surface area contributed by atoms with Crippen molar-refractivity contribution in [1.82, 2.24) is 15.6 Å². The molecular formula is C33H47N3O3. The number of unbranched alkanes of at least 4 members (excludes halogenated alkanes) is 1. The van der Waals surface area contributed by atoms with E-state index in [4.69, 9.17) is 4.74 Å². The van der Waals surface area contributed by atoms with Gasteiger partial charge in [0.15, 0.2) is 0 Å². The number of ether oxygens (including phenoxy) is 1. The molecule has 1 rings (SSSR count). The lowest BCUT2D eigenvalue weighted by Crippen LogP contribution is -2.29. The van der Waals surface area contributed by atoms with Gasteiger partial charge in [-0.25, -0.2) is 0 Å². The number of amides is 2. The van der Waals surface area contributed by atoms with Gasteiger partial charge in [0.1, 0.15) is 0 Å². The van der Waals surface area contributed by atoms with Crippen molar-refractivity contribution in [2.24, 2.45) is 0 Å². The van der Waals surface area contributed by atoms with E-state index in [0.717, 1.165) is 50.5 Å². The lowest BCUT2D eigenvalue weighted by molar-refractivity contribution is -0.121. The lowest BCUT2D eigenvalue weighted by atomic mass is 10.2. The zero-order valence-corrected chi connectivity index (χ0v) is 23.6. The molecule has 1 aromatic heterocycles. The number of carbonyl (C=O) groups excluding carboxylic acids is 2. The Morgan fingerprint density at radius 2 is 1.38 bits per heavy atom. The van der Waals surface area contributed by atoms with Crippen LogP contribution in [0.3, 0.4) is 0 Å². The molecule has 212 valence electrons. The highest BCUT2D eigenvalue weighted by Crippen LogP contribution is 2.00. The van der Waals surface area contributed by atoms with Crippen molar-refractivity contribution in [3.63, 3.8) is 0 Å². The topological polar surface area (TPSA) is 80.3 Å². The molecule has 0 fully saturated rings. The molecular weight excluding hydrogens is 486 g/mol. The Morgan fingerprint density at radius 3 is 1.97 bits per heavy atom. The number of hydrogen-bond donors (Lipinski definition) is 2. The van der Waals surface area contributed by atoms with E-state index in [9.17, 15) is 9.59 Å². The largest absolute Gasteiger partial charge is 0.378 e. The van der Waals surface area contributed by atoms with E-state index in [1.54, 1.807) is 12.4 Å². The quantitative estimate of drug-likeness (QED) is 0.129. The lowest BCUT2D eigenvalue weighted by Gasteiger charge is -2.07. The van der Waals surface area contributed by atoms with Crippen LogP contribution in [0.4, 0.5) is 0 Å². The molecule has 1 aromatic rings. The molecule has 6 heteroatoms. The van der Waals surface area contributed by atoms with Crippen molar-refractivity contribution >= 4 is 17.9 Å². The predicted molar refractivity (Wildman–Crippen MR) is 163 cm³/mol. The molecule has 1 heterocycles. The smallest absolute Gasteiger partial charge is 0.223 e. The molecule has 0 aromatic carbocycles. The van der Waals surface area contributed by atoms with Crippen LogP contribution in [-0.2, 0) is 14.3 Å². The number of nitrogens with one attached hydrogen (secondary N) is 2. The van der Waals surface area contributed by atoms with Gasteiger partial charge < -0.3 is 15.4 Å².